The molecular formula is C30H36O9. The van der Waals surface area contributed by atoms with Crippen LogP contribution in [0.25, 0.3) is 10.8 Å². The number of esters is 1. The van der Waals surface area contributed by atoms with Crippen LogP contribution in [-0.2, 0) is 22.3 Å². The molecule has 1 aliphatic heterocycles. The van der Waals surface area contributed by atoms with Gasteiger partial charge >= 0.3 is 11.6 Å². The number of phenolic OH excluding ortho intramolecular Hbond substituents is 3. The van der Waals surface area contributed by atoms with Gasteiger partial charge in [0, 0.05) is 43.6 Å². The third kappa shape index (κ3) is 5.98. The standard InChI is InChI=1S/C30H36O9/c1-4-7-9-11-20-14-18-13-19(31)15-24(25(18)28(34)37-20)38-27-21-17-30(36-6-3,12-10-8-5-2)39-29(35)26(21)22(32)16-23(27)33/h13-16,31-33H,4-12,17H2,1-3H3. The van der Waals surface area contributed by atoms with Crippen molar-refractivity contribution in [1.29, 1.82) is 0 Å². The van der Waals surface area contributed by atoms with Crippen LogP contribution in [-0.4, -0.2) is 33.7 Å². The number of phenols is 3. The zero-order chi connectivity index (χ0) is 28.2. The van der Waals surface area contributed by atoms with Gasteiger partial charge in [0.15, 0.2) is 11.5 Å². The Morgan fingerprint density at radius 1 is 0.923 bits per heavy atom. The summed E-state index contributed by atoms with van der Waals surface area (Å²) < 4.78 is 23.3. The lowest BCUT2D eigenvalue weighted by atomic mass is 9.91. The van der Waals surface area contributed by atoms with Crippen LogP contribution < -0.4 is 10.4 Å². The Labute approximate surface area is 226 Å². The molecule has 1 aromatic heterocycles. The summed E-state index contributed by atoms with van der Waals surface area (Å²) in [4.78, 5) is 26.2. The predicted octanol–water partition coefficient (Wildman–Crippen LogP) is 6.46. The zero-order valence-corrected chi connectivity index (χ0v) is 22.7. The van der Waals surface area contributed by atoms with Gasteiger partial charge in [-0.3, -0.25) is 0 Å². The van der Waals surface area contributed by atoms with E-state index in [2.05, 4.69) is 13.8 Å². The summed E-state index contributed by atoms with van der Waals surface area (Å²) in [5.74, 6) is -2.88. The number of benzene rings is 2. The van der Waals surface area contributed by atoms with E-state index in [4.69, 9.17) is 18.6 Å². The number of aromatic hydroxyl groups is 3. The number of ether oxygens (including phenoxy) is 3. The third-order valence-corrected chi connectivity index (χ3v) is 6.94. The maximum atomic E-state index is 13.1. The van der Waals surface area contributed by atoms with Crippen LogP contribution in [0.5, 0.6) is 28.7 Å². The first kappa shape index (κ1) is 28.3. The van der Waals surface area contributed by atoms with E-state index in [1.54, 1.807) is 13.0 Å². The predicted molar refractivity (Wildman–Crippen MR) is 145 cm³/mol. The second-order valence-electron chi connectivity index (χ2n) is 9.93. The minimum atomic E-state index is -1.31. The molecule has 2 heterocycles. The molecule has 0 radical (unpaired) electrons. The number of carbonyl (C=O) groups excluding carboxylic acids is 1. The Kier molecular flexibility index (Phi) is 8.70. The van der Waals surface area contributed by atoms with Crippen LogP contribution >= 0.6 is 0 Å². The quantitative estimate of drug-likeness (QED) is 0.175. The van der Waals surface area contributed by atoms with Crippen molar-refractivity contribution in [3.63, 3.8) is 0 Å². The van der Waals surface area contributed by atoms with E-state index in [9.17, 15) is 24.9 Å². The van der Waals surface area contributed by atoms with E-state index < -0.39 is 28.9 Å². The number of rotatable bonds is 12. The van der Waals surface area contributed by atoms with Crippen molar-refractivity contribution in [2.45, 2.75) is 84.3 Å². The van der Waals surface area contributed by atoms with Gasteiger partial charge < -0.3 is 33.9 Å². The largest absolute Gasteiger partial charge is 0.508 e. The second-order valence-corrected chi connectivity index (χ2v) is 9.93. The molecule has 1 unspecified atom stereocenters. The van der Waals surface area contributed by atoms with Gasteiger partial charge in [0.25, 0.3) is 0 Å². The van der Waals surface area contributed by atoms with Crippen molar-refractivity contribution in [2.75, 3.05) is 6.61 Å². The minimum absolute atomic E-state index is 0.00977. The molecule has 3 N–H and O–H groups in total. The van der Waals surface area contributed by atoms with Crippen LogP contribution in [0.4, 0.5) is 0 Å². The Hall–Kier alpha value is -3.72. The number of hydrogen-bond donors (Lipinski definition) is 3. The fraction of sp³-hybridized carbons (Fsp3) is 0.467. The summed E-state index contributed by atoms with van der Waals surface area (Å²) in [6.07, 6.45) is 6.46. The molecule has 0 fully saturated rings. The summed E-state index contributed by atoms with van der Waals surface area (Å²) in [5.41, 5.74) is -0.613. The van der Waals surface area contributed by atoms with Crippen molar-refractivity contribution < 1.29 is 38.7 Å². The van der Waals surface area contributed by atoms with Gasteiger partial charge in [0.1, 0.15) is 34.0 Å². The van der Waals surface area contributed by atoms with E-state index in [0.717, 1.165) is 44.6 Å². The van der Waals surface area contributed by atoms with Gasteiger partial charge in [-0.15, -0.1) is 0 Å². The summed E-state index contributed by atoms with van der Waals surface area (Å²) in [6, 6.07) is 5.36. The number of aryl methyl sites for hydroxylation is 1. The smallest absolute Gasteiger partial charge is 0.347 e. The first-order valence-electron chi connectivity index (χ1n) is 13.6. The van der Waals surface area contributed by atoms with E-state index in [1.807, 2.05) is 0 Å². The molecule has 39 heavy (non-hydrogen) atoms. The van der Waals surface area contributed by atoms with E-state index >= 15 is 0 Å². The molecule has 9 heteroatoms. The lowest BCUT2D eigenvalue weighted by Crippen LogP contribution is -2.44. The fourth-order valence-corrected chi connectivity index (χ4v) is 5.12. The van der Waals surface area contributed by atoms with Crippen LogP contribution in [0, 0.1) is 0 Å². The summed E-state index contributed by atoms with van der Waals surface area (Å²) >= 11 is 0. The van der Waals surface area contributed by atoms with Crippen LogP contribution in [0.1, 0.15) is 87.4 Å². The molecule has 0 bridgehead atoms. The Morgan fingerprint density at radius 3 is 2.38 bits per heavy atom. The SMILES string of the molecule is CCCCCc1cc2cc(O)cc(Oc3c(O)cc(O)c4c3CC(CCCCC)(OCC)OC4=O)c2c(=O)o1. The topological polar surface area (TPSA) is 136 Å². The van der Waals surface area contributed by atoms with E-state index in [0.29, 0.717) is 24.0 Å². The monoisotopic (exact) mass is 540 g/mol. The molecule has 2 aromatic carbocycles. The maximum absolute atomic E-state index is 13.1. The average molecular weight is 541 g/mol. The molecule has 9 nitrogen and oxygen atoms in total. The molecule has 0 saturated carbocycles. The number of carbonyl (C=O) groups is 1. The summed E-state index contributed by atoms with van der Waals surface area (Å²) in [6.45, 7) is 6.20. The van der Waals surface area contributed by atoms with Crippen LogP contribution in [0.15, 0.2) is 33.5 Å². The second kappa shape index (κ2) is 12.0. The zero-order valence-electron chi connectivity index (χ0n) is 22.7. The highest BCUT2D eigenvalue weighted by Gasteiger charge is 2.44. The Bertz CT molecular complexity index is 1410. The van der Waals surface area contributed by atoms with Crippen molar-refractivity contribution >= 4 is 16.7 Å². The molecule has 0 saturated heterocycles. The summed E-state index contributed by atoms with van der Waals surface area (Å²) in [7, 11) is 0. The highest BCUT2D eigenvalue weighted by atomic mass is 16.7. The molecule has 0 spiro atoms. The number of unbranched alkanes of at least 4 members (excludes halogenated alkanes) is 4. The Morgan fingerprint density at radius 2 is 1.67 bits per heavy atom. The number of fused-ring (bicyclic) bond motifs is 2. The normalized spacial score (nSPS) is 16.7. The van der Waals surface area contributed by atoms with Crippen molar-refractivity contribution in [3.8, 4) is 28.7 Å². The molecule has 0 aliphatic carbocycles. The molecule has 3 aromatic rings. The van der Waals surface area contributed by atoms with Crippen molar-refractivity contribution in [1.82, 2.24) is 0 Å². The molecular weight excluding hydrogens is 504 g/mol. The van der Waals surface area contributed by atoms with E-state index in [-0.39, 0.29) is 46.8 Å². The van der Waals surface area contributed by atoms with Crippen LogP contribution in [0.3, 0.4) is 0 Å². The van der Waals surface area contributed by atoms with Gasteiger partial charge in [-0.25, -0.2) is 9.59 Å². The highest BCUT2D eigenvalue weighted by molar-refractivity contribution is 5.97. The lowest BCUT2D eigenvalue weighted by Gasteiger charge is -2.37. The first-order valence-corrected chi connectivity index (χ1v) is 13.6. The molecule has 1 atom stereocenters. The van der Waals surface area contributed by atoms with Crippen molar-refractivity contribution in [2.24, 2.45) is 0 Å². The number of cyclic esters (lactones) is 1. The Balaban J connectivity index is 1.81. The molecule has 4 rings (SSSR count). The summed E-state index contributed by atoms with van der Waals surface area (Å²) in [5, 5.41) is 32.3. The van der Waals surface area contributed by atoms with Gasteiger partial charge in [0.2, 0.25) is 5.79 Å². The molecule has 210 valence electrons. The molecule has 0 amide bonds. The average Bonchev–Trinajstić information content (AvgIpc) is 2.86. The van der Waals surface area contributed by atoms with Crippen molar-refractivity contribution in [3.05, 3.63) is 51.6 Å². The fourth-order valence-electron chi connectivity index (χ4n) is 5.12. The minimum Gasteiger partial charge on any atom is -0.508 e. The third-order valence-electron chi connectivity index (χ3n) is 6.94. The van der Waals surface area contributed by atoms with Gasteiger partial charge in [-0.05, 0) is 37.3 Å². The lowest BCUT2D eigenvalue weighted by molar-refractivity contribution is -0.209. The number of hydrogen-bond acceptors (Lipinski definition) is 9. The first-order chi connectivity index (χ1) is 18.7. The van der Waals surface area contributed by atoms with Gasteiger partial charge in [0.05, 0.1) is 0 Å². The van der Waals surface area contributed by atoms with Crippen LogP contribution in [0.2, 0.25) is 0 Å². The molecule has 1 aliphatic rings. The maximum Gasteiger partial charge on any atom is 0.347 e. The highest BCUT2D eigenvalue weighted by Crippen LogP contribution is 2.48. The van der Waals surface area contributed by atoms with E-state index in [1.165, 1.54) is 12.1 Å². The van der Waals surface area contributed by atoms with Gasteiger partial charge in [-0.1, -0.05) is 39.5 Å². The van der Waals surface area contributed by atoms with Gasteiger partial charge in [-0.2, -0.15) is 0 Å².